The van der Waals surface area contributed by atoms with Gasteiger partial charge in [0.2, 0.25) is 11.0 Å². The summed E-state index contributed by atoms with van der Waals surface area (Å²) in [5, 5.41) is 16.2. The molecule has 4 rings (SSSR count). The first-order valence-electron chi connectivity index (χ1n) is 6.60. The van der Waals surface area contributed by atoms with E-state index in [0.29, 0.717) is 5.13 Å². The van der Waals surface area contributed by atoms with Crippen LogP contribution >= 0.6 is 46.2 Å². The molecule has 0 aromatic carbocycles. The van der Waals surface area contributed by atoms with E-state index in [0.717, 1.165) is 26.0 Å². The van der Waals surface area contributed by atoms with Crippen molar-refractivity contribution < 1.29 is 4.79 Å². The molecule has 6 nitrogen and oxygen atoms in total. The third-order valence-corrected chi connectivity index (χ3v) is 7.03. The second-order valence-corrected chi connectivity index (χ2v) is 8.75. The van der Waals surface area contributed by atoms with Gasteiger partial charge in [-0.3, -0.25) is 10.1 Å². The van der Waals surface area contributed by atoms with Crippen LogP contribution in [0.5, 0.6) is 0 Å². The number of thioether (sulfide) groups is 1. The van der Waals surface area contributed by atoms with Crippen molar-refractivity contribution in [3.05, 3.63) is 29.3 Å². The average Bonchev–Trinajstić information content (AvgIpc) is 3.29. The molecule has 0 bridgehead atoms. The Morgan fingerprint density at radius 2 is 2.30 bits per heavy atom. The van der Waals surface area contributed by atoms with E-state index in [1.807, 2.05) is 22.9 Å². The second kappa shape index (κ2) is 6.56. The van der Waals surface area contributed by atoms with Gasteiger partial charge in [-0.05, 0) is 35.0 Å². The van der Waals surface area contributed by atoms with Gasteiger partial charge in [0, 0.05) is 0 Å². The molecule has 23 heavy (non-hydrogen) atoms. The fraction of sp³-hybridized carbons (Fsp3) is 0.154. The number of fused-ring (bicyclic) bond motifs is 1. The molecule has 10 heteroatoms. The van der Waals surface area contributed by atoms with E-state index in [2.05, 4.69) is 25.5 Å². The molecular weight excluding hydrogens is 370 g/mol. The molecule has 1 aliphatic heterocycles. The van der Waals surface area contributed by atoms with Gasteiger partial charge in [-0.2, -0.15) is 0 Å². The predicted octanol–water partition coefficient (Wildman–Crippen LogP) is 3.65. The molecule has 0 fully saturated rings. The summed E-state index contributed by atoms with van der Waals surface area (Å²) in [6.45, 7) is 0. The summed E-state index contributed by atoms with van der Waals surface area (Å²) in [4.78, 5) is 20.6. The molecule has 4 heterocycles. The van der Waals surface area contributed by atoms with Crippen molar-refractivity contribution in [2.75, 3.05) is 5.32 Å². The Morgan fingerprint density at radius 1 is 1.35 bits per heavy atom. The van der Waals surface area contributed by atoms with Crippen molar-refractivity contribution in [3.63, 3.8) is 0 Å². The summed E-state index contributed by atoms with van der Waals surface area (Å²) < 4.78 is 1.78. The van der Waals surface area contributed by atoms with Crippen LogP contribution in [0.15, 0.2) is 38.6 Å². The molecule has 3 aromatic heterocycles. The highest BCUT2D eigenvalue weighted by Crippen LogP contribution is 2.36. The van der Waals surface area contributed by atoms with E-state index in [9.17, 15) is 4.79 Å². The second-order valence-electron chi connectivity index (χ2n) is 4.51. The van der Waals surface area contributed by atoms with E-state index < -0.39 is 0 Å². The number of carbonyl (C=O) groups excluding carboxylic acids is 1. The molecule has 0 saturated heterocycles. The number of hydrogen-bond acceptors (Lipinski definition) is 9. The van der Waals surface area contributed by atoms with Crippen LogP contribution in [0.2, 0.25) is 0 Å². The van der Waals surface area contributed by atoms with Crippen LogP contribution in [0.25, 0.3) is 10.2 Å². The van der Waals surface area contributed by atoms with Crippen LogP contribution in [0.4, 0.5) is 5.13 Å². The van der Waals surface area contributed by atoms with Gasteiger partial charge in [-0.1, -0.05) is 17.4 Å². The number of anilines is 1. The minimum Gasteiger partial charge on any atom is -0.300 e. The van der Waals surface area contributed by atoms with Crippen LogP contribution in [0, 0.1) is 0 Å². The molecule has 1 N–H and O–H groups in total. The maximum atomic E-state index is 12.1. The van der Waals surface area contributed by atoms with Gasteiger partial charge in [0.25, 0.3) is 0 Å². The Bertz CT molecular complexity index is 881. The summed E-state index contributed by atoms with van der Waals surface area (Å²) in [5.74, 6) is -0.0321. The number of nitrogens with one attached hydrogen (secondary N) is 1. The van der Waals surface area contributed by atoms with Gasteiger partial charge < -0.3 is 0 Å². The lowest BCUT2D eigenvalue weighted by atomic mass is 10.3. The summed E-state index contributed by atoms with van der Waals surface area (Å²) in [7, 11) is 0. The van der Waals surface area contributed by atoms with Crippen molar-refractivity contribution in [2.45, 2.75) is 21.0 Å². The molecule has 0 radical (unpaired) electrons. The van der Waals surface area contributed by atoms with Gasteiger partial charge >= 0.3 is 0 Å². The highest BCUT2D eigenvalue weighted by molar-refractivity contribution is 8.03. The lowest BCUT2D eigenvalue weighted by Gasteiger charge is -2.06. The third-order valence-electron chi connectivity index (χ3n) is 3.01. The molecule has 1 unspecified atom stereocenters. The highest BCUT2D eigenvalue weighted by atomic mass is 32.2. The molecule has 116 valence electrons. The van der Waals surface area contributed by atoms with Gasteiger partial charge in [0.05, 0.1) is 15.5 Å². The van der Waals surface area contributed by atoms with Crippen LogP contribution < -0.4 is 5.32 Å². The lowest BCUT2D eigenvalue weighted by Crippen LogP contribution is -2.22. The lowest BCUT2D eigenvalue weighted by molar-refractivity contribution is -0.115. The van der Waals surface area contributed by atoms with Crippen molar-refractivity contribution >= 4 is 67.5 Å². The average molecular weight is 380 g/mol. The summed E-state index contributed by atoms with van der Waals surface area (Å²) in [6.07, 6.45) is 4.30. The number of carbonyl (C=O) groups is 1. The minimum absolute atomic E-state index is 0.0321. The van der Waals surface area contributed by atoms with Crippen molar-refractivity contribution in [3.8, 4) is 0 Å². The Morgan fingerprint density at radius 3 is 3.17 bits per heavy atom. The first-order valence-corrected chi connectivity index (χ1v) is 10.1. The van der Waals surface area contributed by atoms with Gasteiger partial charge in [0.15, 0.2) is 4.34 Å². The predicted molar refractivity (Wildman–Crippen MR) is 95.2 cm³/mol. The maximum absolute atomic E-state index is 12.1. The standard InChI is InChI=1S/C13H9N5OS4/c19-10(8-2-1-4-20-8)16-12-17-18-13(23-12)22-11-9-7(3-5-21-9)14-6-15-11/h1,3-6,8H,2H2,(H,16,17,19). The zero-order valence-corrected chi connectivity index (χ0v) is 14.8. The molecular formula is C13H9N5OS4. The third kappa shape index (κ3) is 3.25. The maximum Gasteiger partial charge on any atom is 0.239 e. The summed E-state index contributed by atoms with van der Waals surface area (Å²) in [6, 6.07) is 1.96. The summed E-state index contributed by atoms with van der Waals surface area (Å²) in [5.41, 5.74) is 0.927. The zero-order valence-electron chi connectivity index (χ0n) is 11.5. The first-order chi connectivity index (χ1) is 11.3. The van der Waals surface area contributed by atoms with Crippen molar-refractivity contribution in [2.24, 2.45) is 0 Å². The van der Waals surface area contributed by atoms with Gasteiger partial charge in [0.1, 0.15) is 11.4 Å². The van der Waals surface area contributed by atoms with Crippen LogP contribution in [0.1, 0.15) is 6.42 Å². The Hall–Kier alpha value is -1.49. The van der Waals surface area contributed by atoms with Crippen LogP contribution in [-0.4, -0.2) is 31.3 Å². The fourth-order valence-corrected chi connectivity index (χ4v) is 5.44. The van der Waals surface area contributed by atoms with Crippen LogP contribution in [-0.2, 0) is 4.79 Å². The molecule has 0 spiro atoms. The number of rotatable bonds is 4. The highest BCUT2D eigenvalue weighted by Gasteiger charge is 2.21. The van der Waals surface area contributed by atoms with Gasteiger partial charge in [-0.25, -0.2) is 9.97 Å². The molecule has 1 atom stereocenters. The molecule has 3 aromatic rings. The fourth-order valence-electron chi connectivity index (χ4n) is 1.96. The Balaban J connectivity index is 1.47. The van der Waals surface area contributed by atoms with E-state index >= 15 is 0 Å². The largest absolute Gasteiger partial charge is 0.300 e. The van der Waals surface area contributed by atoms with E-state index in [-0.39, 0.29) is 11.2 Å². The molecule has 1 amide bonds. The number of aromatic nitrogens is 4. The smallest absolute Gasteiger partial charge is 0.239 e. The van der Waals surface area contributed by atoms with E-state index in [1.54, 1.807) is 17.7 Å². The first kappa shape index (κ1) is 15.1. The van der Waals surface area contributed by atoms with Crippen molar-refractivity contribution in [1.82, 2.24) is 20.2 Å². The van der Waals surface area contributed by atoms with E-state index in [1.165, 1.54) is 34.9 Å². The Kier molecular flexibility index (Phi) is 4.29. The minimum atomic E-state index is -0.0670. The van der Waals surface area contributed by atoms with Crippen molar-refractivity contribution in [1.29, 1.82) is 0 Å². The number of allylic oxidation sites excluding steroid dienone is 1. The monoisotopic (exact) mass is 379 g/mol. The molecule has 0 aliphatic carbocycles. The number of amides is 1. The Labute approximate surface area is 147 Å². The topological polar surface area (TPSA) is 80.7 Å². The number of hydrogen-bond donors (Lipinski definition) is 1. The zero-order chi connectivity index (χ0) is 15.6. The van der Waals surface area contributed by atoms with E-state index in [4.69, 9.17) is 0 Å². The van der Waals surface area contributed by atoms with Gasteiger partial charge in [-0.15, -0.1) is 33.3 Å². The molecule has 1 aliphatic rings. The van der Waals surface area contributed by atoms with Crippen LogP contribution in [0.3, 0.4) is 0 Å². The quantitative estimate of drug-likeness (QED) is 0.547. The molecule has 0 saturated carbocycles. The summed E-state index contributed by atoms with van der Waals surface area (Å²) >= 11 is 5.91. The number of thiophene rings is 1. The number of nitrogens with zero attached hydrogens (tertiary/aromatic N) is 4. The normalized spacial score (nSPS) is 17.0. The SMILES string of the molecule is O=C(Nc1nnc(Sc2ncnc3ccsc23)s1)C1CC=CS1.